The highest BCUT2D eigenvalue weighted by molar-refractivity contribution is 5.96. The lowest BCUT2D eigenvalue weighted by molar-refractivity contribution is -0.151. The third-order valence-corrected chi connectivity index (χ3v) is 5.92. The van der Waals surface area contributed by atoms with Gasteiger partial charge in [0.05, 0.1) is 11.7 Å². The van der Waals surface area contributed by atoms with E-state index in [1.807, 2.05) is 13.8 Å². The van der Waals surface area contributed by atoms with Crippen molar-refractivity contribution < 1.29 is 23.9 Å². The second kappa shape index (κ2) is 7.13. The molecule has 2 atom stereocenters. The van der Waals surface area contributed by atoms with Crippen molar-refractivity contribution >= 4 is 17.8 Å². The summed E-state index contributed by atoms with van der Waals surface area (Å²) in [5.74, 6) is -1.11. The van der Waals surface area contributed by atoms with Gasteiger partial charge in [0.2, 0.25) is 5.91 Å². The lowest BCUT2D eigenvalue weighted by Gasteiger charge is -2.37. The molecule has 142 valence electrons. The molecule has 0 bridgehead atoms. The van der Waals surface area contributed by atoms with Gasteiger partial charge in [-0.15, -0.1) is 0 Å². The van der Waals surface area contributed by atoms with Gasteiger partial charge in [0.1, 0.15) is 6.04 Å². The first-order chi connectivity index (χ1) is 12.4. The van der Waals surface area contributed by atoms with Gasteiger partial charge in [-0.3, -0.25) is 14.4 Å². The minimum Gasteiger partial charge on any atom is -0.481 e. The summed E-state index contributed by atoms with van der Waals surface area (Å²) < 4.78 is 5.20. The molecule has 1 N–H and O–H groups in total. The molecule has 1 aromatic heterocycles. The Balaban J connectivity index is 1.77. The Bertz CT molecular complexity index is 684. The number of likely N-dealkylation sites (tertiary alicyclic amines) is 2. The van der Waals surface area contributed by atoms with Crippen molar-refractivity contribution in [2.75, 3.05) is 19.6 Å². The van der Waals surface area contributed by atoms with Crippen LogP contribution >= 0.6 is 0 Å². The molecule has 0 spiro atoms. The van der Waals surface area contributed by atoms with Crippen LogP contribution in [0, 0.1) is 11.3 Å². The number of carbonyl (C=O) groups is 3. The van der Waals surface area contributed by atoms with E-state index in [4.69, 9.17) is 4.42 Å². The zero-order valence-corrected chi connectivity index (χ0v) is 15.3. The van der Waals surface area contributed by atoms with Crippen molar-refractivity contribution in [1.29, 1.82) is 0 Å². The second-order valence-electron chi connectivity index (χ2n) is 7.61. The summed E-state index contributed by atoms with van der Waals surface area (Å²) in [5, 5.41) is 9.69. The Morgan fingerprint density at radius 2 is 2.04 bits per heavy atom. The standard InChI is InChI=1S/C19H26N2O5/c1-13(2)19(18(24)25)8-10-20(12-19)16(22)14-6-3-4-9-21(14)17(23)15-7-5-11-26-15/h5,7,11,13-14H,3-4,6,8-10,12H2,1-2H3,(H,24,25). The molecule has 7 heteroatoms. The molecule has 0 aliphatic carbocycles. The lowest BCUT2D eigenvalue weighted by atomic mass is 9.76. The first-order valence-corrected chi connectivity index (χ1v) is 9.23. The summed E-state index contributed by atoms with van der Waals surface area (Å²) in [6.07, 6.45) is 4.22. The molecule has 2 amide bonds. The summed E-state index contributed by atoms with van der Waals surface area (Å²) in [6.45, 7) is 4.91. The zero-order valence-electron chi connectivity index (χ0n) is 15.3. The fourth-order valence-electron chi connectivity index (χ4n) is 4.10. The van der Waals surface area contributed by atoms with E-state index in [-0.39, 0.29) is 30.0 Å². The first-order valence-electron chi connectivity index (χ1n) is 9.23. The van der Waals surface area contributed by atoms with Gasteiger partial charge in [-0.25, -0.2) is 0 Å². The molecule has 26 heavy (non-hydrogen) atoms. The summed E-state index contributed by atoms with van der Waals surface area (Å²) >= 11 is 0. The summed E-state index contributed by atoms with van der Waals surface area (Å²) in [4.78, 5) is 40.9. The third kappa shape index (κ3) is 3.10. The van der Waals surface area contributed by atoms with Crippen molar-refractivity contribution in [2.24, 2.45) is 11.3 Å². The fourth-order valence-corrected chi connectivity index (χ4v) is 4.10. The van der Waals surface area contributed by atoms with E-state index in [0.29, 0.717) is 25.9 Å². The van der Waals surface area contributed by atoms with Gasteiger partial charge in [0.25, 0.3) is 5.91 Å². The predicted octanol–water partition coefficient (Wildman–Crippen LogP) is 2.23. The van der Waals surface area contributed by atoms with E-state index >= 15 is 0 Å². The van der Waals surface area contributed by atoms with E-state index in [9.17, 15) is 19.5 Å². The number of rotatable bonds is 4. The molecule has 0 aromatic carbocycles. The van der Waals surface area contributed by atoms with Crippen LogP contribution in [0.25, 0.3) is 0 Å². The normalized spacial score (nSPS) is 26.3. The van der Waals surface area contributed by atoms with Crippen LogP contribution in [-0.2, 0) is 9.59 Å². The van der Waals surface area contributed by atoms with E-state index < -0.39 is 17.4 Å². The van der Waals surface area contributed by atoms with Crippen LogP contribution in [0.5, 0.6) is 0 Å². The first kappa shape index (κ1) is 18.5. The number of aliphatic carboxylic acids is 1. The maximum absolute atomic E-state index is 13.1. The van der Waals surface area contributed by atoms with Crippen molar-refractivity contribution in [3.63, 3.8) is 0 Å². The van der Waals surface area contributed by atoms with Gasteiger partial charge >= 0.3 is 5.97 Å². The van der Waals surface area contributed by atoms with Gasteiger partial charge in [0.15, 0.2) is 5.76 Å². The van der Waals surface area contributed by atoms with Gasteiger partial charge in [-0.1, -0.05) is 13.8 Å². The Labute approximate surface area is 152 Å². The molecule has 1 aromatic rings. The Hall–Kier alpha value is -2.31. The molecule has 3 heterocycles. The molecule has 0 saturated carbocycles. The average Bonchev–Trinajstić information content (AvgIpc) is 3.30. The highest BCUT2D eigenvalue weighted by Gasteiger charge is 2.50. The molecule has 7 nitrogen and oxygen atoms in total. The van der Waals surface area contributed by atoms with Crippen LogP contribution < -0.4 is 0 Å². The van der Waals surface area contributed by atoms with Crippen molar-refractivity contribution in [2.45, 2.75) is 45.6 Å². The Morgan fingerprint density at radius 3 is 2.62 bits per heavy atom. The smallest absolute Gasteiger partial charge is 0.311 e. The Morgan fingerprint density at radius 1 is 1.27 bits per heavy atom. The van der Waals surface area contributed by atoms with Crippen LogP contribution in [0.15, 0.2) is 22.8 Å². The van der Waals surface area contributed by atoms with Crippen molar-refractivity contribution in [3.8, 4) is 0 Å². The van der Waals surface area contributed by atoms with Gasteiger partial charge in [-0.05, 0) is 43.7 Å². The van der Waals surface area contributed by atoms with Crippen molar-refractivity contribution in [1.82, 2.24) is 9.80 Å². The summed E-state index contributed by atoms with van der Waals surface area (Å²) in [5.41, 5.74) is -0.903. The number of amides is 2. The number of piperidine rings is 1. The summed E-state index contributed by atoms with van der Waals surface area (Å²) in [7, 11) is 0. The number of hydrogen-bond donors (Lipinski definition) is 1. The molecule has 2 aliphatic heterocycles. The van der Waals surface area contributed by atoms with Crippen LogP contribution in [0.2, 0.25) is 0 Å². The minimum absolute atomic E-state index is 0.0648. The van der Waals surface area contributed by atoms with E-state index in [1.54, 1.807) is 21.9 Å². The number of carbonyl (C=O) groups excluding carboxylic acids is 2. The number of carboxylic acid groups (broad SMARTS) is 1. The van der Waals surface area contributed by atoms with Crippen LogP contribution in [-0.4, -0.2) is 58.4 Å². The molecular formula is C19H26N2O5. The Kier molecular flexibility index (Phi) is 5.07. The largest absolute Gasteiger partial charge is 0.481 e. The topological polar surface area (TPSA) is 91.1 Å². The highest BCUT2D eigenvalue weighted by Crippen LogP contribution is 2.39. The van der Waals surface area contributed by atoms with Crippen LogP contribution in [0.3, 0.4) is 0 Å². The molecule has 2 aliphatic rings. The fraction of sp³-hybridized carbons (Fsp3) is 0.632. The average molecular weight is 362 g/mol. The van der Waals surface area contributed by atoms with Crippen LogP contribution in [0.1, 0.15) is 50.1 Å². The molecule has 2 saturated heterocycles. The number of furan rings is 1. The maximum Gasteiger partial charge on any atom is 0.311 e. The van der Waals surface area contributed by atoms with Gasteiger partial charge in [-0.2, -0.15) is 0 Å². The third-order valence-electron chi connectivity index (χ3n) is 5.92. The molecule has 2 unspecified atom stereocenters. The molecule has 3 rings (SSSR count). The minimum atomic E-state index is -0.903. The second-order valence-corrected chi connectivity index (χ2v) is 7.61. The van der Waals surface area contributed by atoms with Crippen molar-refractivity contribution in [3.05, 3.63) is 24.2 Å². The number of carboxylic acids is 1. The zero-order chi connectivity index (χ0) is 18.9. The van der Waals surface area contributed by atoms with Gasteiger partial charge in [0, 0.05) is 19.6 Å². The molecule has 0 radical (unpaired) electrons. The molecular weight excluding hydrogens is 336 g/mol. The molecule has 2 fully saturated rings. The van der Waals surface area contributed by atoms with E-state index in [2.05, 4.69) is 0 Å². The monoisotopic (exact) mass is 362 g/mol. The number of nitrogens with zero attached hydrogens (tertiary/aromatic N) is 2. The highest BCUT2D eigenvalue weighted by atomic mass is 16.4. The number of hydrogen-bond acceptors (Lipinski definition) is 4. The maximum atomic E-state index is 13.1. The predicted molar refractivity (Wildman–Crippen MR) is 93.5 cm³/mol. The van der Waals surface area contributed by atoms with Crippen LogP contribution in [0.4, 0.5) is 0 Å². The quantitative estimate of drug-likeness (QED) is 0.887. The van der Waals surface area contributed by atoms with Gasteiger partial charge < -0.3 is 19.3 Å². The SMILES string of the molecule is CC(C)C1(C(=O)O)CCN(C(=O)C2CCCCN2C(=O)c2ccco2)C1. The van der Waals surface area contributed by atoms with E-state index in [1.165, 1.54) is 6.26 Å². The van der Waals surface area contributed by atoms with E-state index in [0.717, 1.165) is 12.8 Å². The lowest BCUT2D eigenvalue weighted by Crippen LogP contribution is -2.53. The summed E-state index contributed by atoms with van der Waals surface area (Å²) in [6, 6.07) is 2.71.